The first-order valence-corrected chi connectivity index (χ1v) is 11.7. The number of thioether (sulfide) groups is 1. The summed E-state index contributed by atoms with van der Waals surface area (Å²) in [6.45, 7) is 1.67. The third-order valence-corrected chi connectivity index (χ3v) is 7.21. The number of nitrogens with one attached hydrogen (secondary N) is 2. The van der Waals surface area contributed by atoms with Gasteiger partial charge in [-0.3, -0.25) is 19.3 Å². The number of carbonyl (C=O) groups is 4. The second kappa shape index (κ2) is 9.70. The lowest BCUT2D eigenvalue weighted by molar-refractivity contribution is -0.151. The smallest absolute Gasteiger partial charge is 0.352 e. The van der Waals surface area contributed by atoms with Gasteiger partial charge in [-0.05, 0) is 23.6 Å². The lowest BCUT2D eigenvalue weighted by atomic mass is 10.0. The van der Waals surface area contributed by atoms with Gasteiger partial charge in [-0.1, -0.05) is 60.7 Å². The van der Waals surface area contributed by atoms with Gasteiger partial charge in [0, 0.05) is 5.75 Å². The van der Waals surface area contributed by atoms with Gasteiger partial charge in [-0.15, -0.1) is 11.8 Å². The molecule has 2 heterocycles. The second-order valence-electron chi connectivity index (χ2n) is 8.07. The van der Waals surface area contributed by atoms with E-state index in [2.05, 4.69) is 10.6 Å². The summed E-state index contributed by atoms with van der Waals surface area (Å²) in [5.74, 6) is -2.36. The summed E-state index contributed by atoms with van der Waals surface area (Å²) in [5, 5.41) is 14.4. The molecule has 2 aliphatic heterocycles. The predicted octanol–water partition coefficient (Wildman–Crippen LogP) is 1.30. The largest absolute Gasteiger partial charge is 0.477 e. The van der Waals surface area contributed by atoms with Crippen LogP contribution in [0, 0.1) is 0 Å². The highest BCUT2D eigenvalue weighted by molar-refractivity contribution is 8.00. The van der Waals surface area contributed by atoms with E-state index in [-0.39, 0.29) is 5.70 Å². The lowest BCUT2D eigenvalue weighted by Crippen LogP contribution is -2.71. The molecule has 10 heteroatoms. The summed E-state index contributed by atoms with van der Waals surface area (Å²) >= 11 is 1.38. The van der Waals surface area contributed by atoms with Gasteiger partial charge in [-0.25, -0.2) is 4.79 Å². The summed E-state index contributed by atoms with van der Waals surface area (Å²) < 4.78 is 0. The van der Waals surface area contributed by atoms with Crippen LogP contribution in [0.3, 0.4) is 0 Å². The number of aliphatic carboxylic acids is 1. The standard InChI is InChI=1S/C24H24N4O5S/c1-13-12-34-23-18(22(31)28(23)19(13)24(32)33)27-21(30)17(15-10-6-3-7-11-15)26-20(29)16(25)14-8-4-2-5-9-14/h2-11,16-18,23H,12,25H2,1H3,(H,26,29)(H,27,30)(H,32,33)/t16-,17+,18+,23+/m0/s1. The molecule has 0 spiro atoms. The van der Waals surface area contributed by atoms with Crippen LogP contribution in [0.1, 0.15) is 30.1 Å². The highest BCUT2D eigenvalue weighted by Gasteiger charge is 2.54. The molecule has 0 aliphatic carbocycles. The minimum Gasteiger partial charge on any atom is -0.477 e. The van der Waals surface area contributed by atoms with Crippen LogP contribution >= 0.6 is 11.8 Å². The number of fused-ring (bicyclic) bond motifs is 1. The van der Waals surface area contributed by atoms with Crippen molar-refractivity contribution in [2.24, 2.45) is 5.73 Å². The van der Waals surface area contributed by atoms with Gasteiger partial charge >= 0.3 is 5.97 Å². The number of benzene rings is 2. The van der Waals surface area contributed by atoms with Crippen molar-refractivity contribution in [1.82, 2.24) is 15.5 Å². The minimum absolute atomic E-state index is 0.0407. The molecule has 2 aliphatic rings. The summed E-state index contributed by atoms with van der Waals surface area (Å²) in [6, 6.07) is 14.4. The number of β-lactam (4-membered cyclic amide) rings is 1. The molecule has 176 valence electrons. The van der Waals surface area contributed by atoms with Crippen molar-refractivity contribution in [2.75, 3.05) is 5.75 Å². The van der Waals surface area contributed by atoms with Crippen molar-refractivity contribution in [3.8, 4) is 0 Å². The first-order chi connectivity index (χ1) is 16.3. The maximum Gasteiger partial charge on any atom is 0.352 e. The average molecular weight is 481 g/mol. The van der Waals surface area contributed by atoms with Crippen molar-refractivity contribution < 1.29 is 24.3 Å². The Labute approximate surface area is 200 Å². The molecule has 0 bridgehead atoms. The highest BCUT2D eigenvalue weighted by atomic mass is 32.2. The number of nitrogens with zero attached hydrogens (tertiary/aromatic N) is 1. The maximum atomic E-state index is 13.3. The third kappa shape index (κ3) is 4.42. The highest BCUT2D eigenvalue weighted by Crippen LogP contribution is 2.40. The lowest BCUT2D eigenvalue weighted by Gasteiger charge is -2.49. The molecule has 4 rings (SSSR count). The molecule has 2 aromatic rings. The van der Waals surface area contributed by atoms with E-state index in [9.17, 15) is 24.3 Å². The first-order valence-electron chi connectivity index (χ1n) is 10.6. The fraction of sp³-hybridized carbons (Fsp3) is 0.250. The van der Waals surface area contributed by atoms with Gasteiger partial charge < -0.3 is 21.5 Å². The summed E-state index contributed by atoms with van der Waals surface area (Å²) in [7, 11) is 0. The molecule has 34 heavy (non-hydrogen) atoms. The topological polar surface area (TPSA) is 142 Å². The molecule has 2 aromatic carbocycles. The van der Waals surface area contributed by atoms with Gasteiger partial charge in [0.05, 0.1) is 0 Å². The van der Waals surface area contributed by atoms with Crippen molar-refractivity contribution >= 4 is 35.5 Å². The molecular weight excluding hydrogens is 456 g/mol. The zero-order valence-electron chi connectivity index (χ0n) is 18.3. The molecule has 0 radical (unpaired) electrons. The van der Waals surface area contributed by atoms with Crippen LogP contribution in [0.15, 0.2) is 71.9 Å². The van der Waals surface area contributed by atoms with E-state index in [1.54, 1.807) is 61.5 Å². The number of rotatable bonds is 7. The number of amides is 3. The van der Waals surface area contributed by atoms with Crippen LogP contribution in [0.5, 0.6) is 0 Å². The average Bonchev–Trinajstić information content (AvgIpc) is 2.85. The normalized spacial score (nSPS) is 21.1. The molecule has 9 nitrogen and oxygen atoms in total. The monoisotopic (exact) mass is 480 g/mol. The summed E-state index contributed by atoms with van der Waals surface area (Å²) in [6.07, 6.45) is 0. The Morgan fingerprint density at radius 1 is 1.03 bits per heavy atom. The minimum atomic E-state index is -1.18. The van der Waals surface area contributed by atoms with E-state index in [1.807, 2.05) is 6.07 Å². The molecule has 0 unspecified atom stereocenters. The Morgan fingerprint density at radius 2 is 1.62 bits per heavy atom. The van der Waals surface area contributed by atoms with Crippen LogP contribution < -0.4 is 16.4 Å². The van der Waals surface area contributed by atoms with E-state index in [0.29, 0.717) is 22.5 Å². The number of carboxylic acid groups (broad SMARTS) is 1. The van der Waals surface area contributed by atoms with E-state index >= 15 is 0 Å². The molecular formula is C24H24N4O5S. The summed E-state index contributed by atoms with van der Waals surface area (Å²) in [4.78, 5) is 51.7. The Morgan fingerprint density at radius 3 is 2.21 bits per heavy atom. The zero-order chi connectivity index (χ0) is 24.4. The van der Waals surface area contributed by atoms with Gasteiger partial charge in [0.25, 0.3) is 5.91 Å². The van der Waals surface area contributed by atoms with E-state index in [0.717, 1.165) is 0 Å². The SMILES string of the molecule is CC1=C(C(=O)O)N2C(=O)[C@@H](NC(=O)[C@H](NC(=O)[C@@H](N)c3ccccc3)c3ccccc3)[C@H]2SC1. The number of carboxylic acids is 1. The van der Waals surface area contributed by atoms with Crippen molar-refractivity contribution in [2.45, 2.75) is 30.4 Å². The number of hydrogen-bond donors (Lipinski definition) is 4. The van der Waals surface area contributed by atoms with Crippen LogP contribution in [-0.2, 0) is 19.2 Å². The molecule has 0 saturated carbocycles. The quantitative estimate of drug-likeness (QED) is 0.438. The van der Waals surface area contributed by atoms with Gasteiger partial charge in [-0.2, -0.15) is 0 Å². The van der Waals surface area contributed by atoms with Crippen LogP contribution in [0.2, 0.25) is 0 Å². The molecule has 3 amide bonds. The van der Waals surface area contributed by atoms with Crippen LogP contribution in [0.25, 0.3) is 0 Å². The predicted molar refractivity (Wildman–Crippen MR) is 126 cm³/mol. The Hall–Kier alpha value is -3.63. The molecule has 4 atom stereocenters. The molecule has 1 saturated heterocycles. The fourth-order valence-electron chi connectivity index (χ4n) is 4.00. The van der Waals surface area contributed by atoms with E-state index in [1.165, 1.54) is 16.7 Å². The van der Waals surface area contributed by atoms with Gasteiger partial charge in [0.2, 0.25) is 11.8 Å². The van der Waals surface area contributed by atoms with Crippen LogP contribution in [0.4, 0.5) is 0 Å². The number of carbonyl (C=O) groups excluding carboxylic acids is 3. The fourth-order valence-corrected chi connectivity index (χ4v) is 5.29. The van der Waals surface area contributed by atoms with Crippen molar-refractivity contribution in [3.05, 3.63) is 83.1 Å². The maximum absolute atomic E-state index is 13.3. The van der Waals surface area contributed by atoms with E-state index in [4.69, 9.17) is 5.73 Å². The molecule has 1 fully saturated rings. The van der Waals surface area contributed by atoms with Crippen LogP contribution in [-0.4, -0.2) is 50.9 Å². The van der Waals surface area contributed by atoms with Crippen molar-refractivity contribution in [3.63, 3.8) is 0 Å². The summed E-state index contributed by atoms with van der Waals surface area (Å²) in [5.41, 5.74) is 7.77. The number of hydrogen-bond acceptors (Lipinski definition) is 6. The third-order valence-electron chi connectivity index (χ3n) is 5.78. The Kier molecular flexibility index (Phi) is 6.71. The Bertz CT molecular complexity index is 1150. The van der Waals surface area contributed by atoms with Gasteiger partial charge in [0.1, 0.15) is 29.2 Å². The molecule has 0 aromatic heterocycles. The van der Waals surface area contributed by atoms with Crippen molar-refractivity contribution in [1.29, 1.82) is 0 Å². The van der Waals surface area contributed by atoms with Gasteiger partial charge in [0.15, 0.2) is 0 Å². The molecule has 5 N–H and O–H groups in total. The first kappa shape index (κ1) is 23.5. The zero-order valence-corrected chi connectivity index (χ0v) is 19.1. The Balaban J connectivity index is 1.52. The second-order valence-corrected chi connectivity index (χ2v) is 9.18. The van der Waals surface area contributed by atoms with E-state index < -0.39 is 47.2 Å². The number of nitrogens with two attached hydrogens (primary N) is 1.